The zero-order valence-corrected chi connectivity index (χ0v) is 24.1. The maximum Gasteiger partial charge on any atom is 0.0708 e. The average molecular weight is 543 g/mol. The van der Waals surface area contributed by atoms with Crippen molar-refractivity contribution in [2.45, 2.75) is 20.3 Å². The van der Waals surface area contributed by atoms with E-state index in [1.54, 1.807) is 0 Å². The summed E-state index contributed by atoms with van der Waals surface area (Å²) >= 11 is 0. The minimum atomic E-state index is 0.923. The van der Waals surface area contributed by atoms with Crippen LogP contribution in [0.3, 0.4) is 0 Å². The fraction of sp³-hybridized carbons (Fsp3) is 0.0750. The zero-order valence-electron chi connectivity index (χ0n) is 24.1. The number of hydrogen-bond acceptors (Lipinski definition) is 2. The van der Waals surface area contributed by atoms with Crippen molar-refractivity contribution < 1.29 is 0 Å². The summed E-state index contributed by atoms with van der Waals surface area (Å²) in [5, 5.41) is 0. The molecule has 204 valence electrons. The monoisotopic (exact) mass is 542 g/mol. The smallest absolute Gasteiger partial charge is 0.0708 e. The maximum atomic E-state index is 4.74. The van der Waals surface area contributed by atoms with E-state index in [0.29, 0.717) is 0 Å². The van der Waals surface area contributed by atoms with Crippen LogP contribution in [-0.4, -0.2) is 4.98 Å². The summed E-state index contributed by atoms with van der Waals surface area (Å²) in [6.07, 6.45) is 5.08. The van der Waals surface area contributed by atoms with E-state index < -0.39 is 0 Å². The summed E-state index contributed by atoms with van der Waals surface area (Å²) in [7, 11) is 0. The molecular weight excluding hydrogens is 508 g/mol. The molecule has 6 rings (SSSR count). The number of aryl methyl sites for hydroxylation is 2. The summed E-state index contributed by atoms with van der Waals surface area (Å²) in [6.45, 7) is 4.19. The lowest BCUT2D eigenvalue weighted by molar-refractivity contribution is 1.18. The molecular formula is C40H34N2. The highest BCUT2D eigenvalue weighted by molar-refractivity contribution is 5.90. The van der Waals surface area contributed by atoms with Gasteiger partial charge in [0.2, 0.25) is 0 Å². The van der Waals surface area contributed by atoms with Crippen LogP contribution < -0.4 is 4.90 Å². The van der Waals surface area contributed by atoms with Crippen molar-refractivity contribution >= 4 is 28.7 Å². The molecule has 0 radical (unpaired) electrons. The van der Waals surface area contributed by atoms with Crippen LogP contribution in [0.2, 0.25) is 0 Å². The molecule has 1 aromatic heterocycles. The summed E-state index contributed by atoms with van der Waals surface area (Å²) < 4.78 is 0. The fourth-order valence-electron chi connectivity index (χ4n) is 5.17. The SMILES string of the molecule is Cc1ccc(Cc2ccc(N(c3ccccc3)c3ccc(/C=C(\c4ccccc4)c4ccc(C)cn4)cc3)cc2)cc1. The van der Waals surface area contributed by atoms with Gasteiger partial charge < -0.3 is 4.90 Å². The quantitative estimate of drug-likeness (QED) is 0.178. The van der Waals surface area contributed by atoms with Crippen LogP contribution in [0.4, 0.5) is 17.1 Å². The van der Waals surface area contributed by atoms with Gasteiger partial charge in [0.25, 0.3) is 0 Å². The van der Waals surface area contributed by atoms with E-state index in [4.69, 9.17) is 4.98 Å². The number of hydrogen-bond donors (Lipinski definition) is 0. The number of nitrogens with zero attached hydrogens (tertiary/aromatic N) is 2. The summed E-state index contributed by atoms with van der Waals surface area (Å²) in [6, 6.07) is 51.7. The molecule has 0 atom stereocenters. The van der Waals surface area contributed by atoms with Gasteiger partial charge in [-0.05, 0) is 96.6 Å². The number of aromatic nitrogens is 1. The normalized spacial score (nSPS) is 11.3. The Bertz CT molecular complexity index is 1750. The number of para-hydroxylation sites is 1. The molecule has 0 unspecified atom stereocenters. The molecule has 0 N–H and O–H groups in total. The van der Waals surface area contributed by atoms with Crippen LogP contribution in [0.15, 0.2) is 152 Å². The zero-order chi connectivity index (χ0) is 28.7. The number of pyridine rings is 1. The first-order valence-corrected chi connectivity index (χ1v) is 14.4. The van der Waals surface area contributed by atoms with Gasteiger partial charge in [0.05, 0.1) is 5.69 Å². The third kappa shape index (κ3) is 6.40. The number of anilines is 3. The highest BCUT2D eigenvalue weighted by Gasteiger charge is 2.13. The average Bonchev–Trinajstić information content (AvgIpc) is 3.04. The predicted molar refractivity (Wildman–Crippen MR) is 177 cm³/mol. The van der Waals surface area contributed by atoms with E-state index in [1.807, 2.05) is 12.3 Å². The van der Waals surface area contributed by atoms with Crippen molar-refractivity contribution in [1.29, 1.82) is 0 Å². The first-order chi connectivity index (χ1) is 20.6. The largest absolute Gasteiger partial charge is 0.311 e. The molecule has 1 heterocycles. The number of benzene rings is 5. The molecule has 0 bridgehead atoms. The molecule has 0 aliphatic carbocycles. The van der Waals surface area contributed by atoms with E-state index in [1.165, 1.54) is 16.7 Å². The van der Waals surface area contributed by atoms with E-state index in [0.717, 1.165) is 51.4 Å². The van der Waals surface area contributed by atoms with Crippen molar-refractivity contribution in [1.82, 2.24) is 4.98 Å². The Morgan fingerprint density at radius 3 is 1.67 bits per heavy atom. The molecule has 42 heavy (non-hydrogen) atoms. The Labute approximate surface area is 249 Å². The van der Waals surface area contributed by atoms with E-state index in [-0.39, 0.29) is 0 Å². The third-order valence-corrected chi connectivity index (χ3v) is 7.47. The summed E-state index contributed by atoms with van der Waals surface area (Å²) in [4.78, 5) is 7.05. The molecule has 0 aliphatic rings. The van der Waals surface area contributed by atoms with Gasteiger partial charge in [-0.3, -0.25) is 4.98 Å². The van der Waals surface area contributed by atoms with Crippen LogP contribution in [-0.2, 0) is 6.42 Å². The first kappa shape index (κ1) is 27.0. The van der Waals surface area contributed by atoms with Gasteiger partial charge in [0.1, 0.15) is 0 Å². The molecule has 2 heteroatoms. The predicted octanol–water partition coefficient (Wildman–Crippen LogP) is 10.3. The van der Waals surface area contributed by atoms with Crippen molar-refractivity contribution in [2.75, 3.05) is 4.90 Å². The minimum Gasteiger partial charge on any atom is -0.311 e. The van der Waals surface area contributed by atoms with Gasteiger partial charge in [-0.25, -0.2) is 0 Å². The van der Waals surface area contributed by atoms with E-state index >= 15 is 0 Å². The topological polar surface area (TPSA) is 16.1 Å². The van der Waals surface area contributed by atoms with Crippen LogP contribution in [0.5, 0.6) is 0 Å². The summed E-state index contributed by atoms with van der Waals surface area (Å²) in [5.41, 5.74) is 12.8. The lowest BCUT2D eigenvalue weighted by Gasteiger charge is -2.25. The highest BCUT2D eigenvalue weighted by Crippen LogP contribution is 2.35. The highest BCUT2D eigenvalue weighted by atomic mass is 15.1. The van der Waals surface area contributed by atoms with Crippen LogP contribution in [0, 0.1) is 13.8 Å². The van der Waals surface area contributed by atoms with Crippen molar-refractivity contribution in [3.8, 4) is 0 Å². The Hall–Kier alpha value is -5.21. The number of rotatable bonds is 8. The molecule has 0 spiro atoms. The lowest BCUT2D eigenvalue weighted by Crippen LogP contribution is -2.09. The van der Waals surface area contributed by atoms with Gasteiger partial charge in [0, 0.05) is 28.8 Å². The van der Waals surface area contributed by atoms with Crippen molar-refractivity contribution in [3.05, 3.63) is 191 Å². The van der Waals surface area contributed by atoms with Gasteiger partial charge in [-0.15, -0.1) is 0 Å². The molecule has 0 amide bonds. The Morgan fingerprint density at radius 1 is 0.548 bits per heavy atom. The fourth-order valence-corrected chi connectivity index (χ4v) is 5.17. The molecule has 0 saturated carbocycles. The summed E-state index contributed by atoms with van der Waals surface area (Å²) in [5.74, 6) is 0. The van der Waals surface area contributed by atoms with Crippen LogP contribution in [0.1, 0.15) is 39.1 Å². The molecule has 5 aromatic carbocycles. The molecule has 0 fully saturated rings. The second-order valence-electron chi connectivity index (χ2n) is 10.7. The van der Waals surface area contributed by atoms with Crippen LogP contribution in [0.25, 0.3) is 11.6 Å². The molecule has 2 nitrogen and oxygen atoms in total. The van der Waals surface area contributed by atoms with Gasteiger partial charge >= 0.3 is 0 Å². The Morgan fingerprint density at radius 2 is 1.07 bits per heavy atom. The van der Waals surface area contributed by atoms with Gasteiger partial charge in [-0.2, -0.15) is 0 Å². The van der Waals surface area contributed by atoms with Crippen LogP contribution >= 0.6 is 0 Å². The third-order valence-electron chi connectivity index (χ3n) is 7.47. The second-order valence-corrected chi connectivity index (χ2v) is 10.7. The molecule has 0 saturated heterocycles. The van der Waals surface area contributed by atoms with E-state index in [9.17, 15) is 0 Å². The van der Waals surface area contributed by atoms with Crippen molar-refractivity contribution in [3.63, 3.8) is 0 Å². The van der Waals surface area contributed by atoms with Gasteiger partial charge in [0.15, 0.2) is 0 Å². The first-order valence-electron chi connectivity index (χ1n) is 14.4. The Kier molecular flexibility index (Phi) is 8.05. The standard InChI is InChI=1S/C40H34N2/c1-30-13-16-32(17-14-30)27-33-18-22-37(23-19-33)42(36-11-7-4-8-12-36)38-24-20-34(21-25-38)28-39(35-9-5-3-6-10-35)40-26-15-31(2)29-41-40/h3-26,28-29H,27H2,1-2H3/b39-28+. The maximum absolute atomic E-state index is 4.74. The molecule has 6 aromatic rings. The molecule has 0 aliphatic heterocycles. The lowest BCUT2D eigenvalue weighted by atomic mass is 9.99. The second kappa shape index (κ2) is 12.5. The van der Waals surface area contributed by atoms with Crippen molar-refractivity contribution in [2.24, 2.45) is 0 Å². The van der Waals surface area contributed by atoms with E-state index in [2.05, 4.69) is 164 Å². The Balaban J connectivity index is 1.32. The minimum absolute atomic E-state index is 0.923. The van der Waals surface area contributed by atoms with Gasteiger partial charge in [-0.1, -0.05) is 109 Å².